The number of hydroxylamine groups is 1. The molecule has 0 heterocycles. The minimum atomic E-state index is -0.858. The van der Waals surface area contributed by atoms with E-state index in [0.29, 0.717) is 94.3 Å². The maximum absolute atomic E-state index is 12.5. The highest BCUT2D eigenvalue weighted by atomic mass is 127. The van der Waals surface area contributed by atoms with Crippen LogP contribution in [0, 0.1) is 42.8 Å². The summed E-state index contributed by atoms with van der Waals surface area (Å²) in [5.74, 6) is 3.39. The summed E-state index contributed by atoms with van der Waals surface area (Å²) in [5.41, 5.74) is 4.89. The number of hydrogen-bond acceptors (Lipinski definition) is 15. The number of aliphatic carboxylic acids is 1. The first-order valence-corrected chi connectivity index (χ1v) is 39.8. The molecule has 486 valence electrons. The molecule has 6 aromatic carbocycles. The van der Waals surface area contributed by atoms with E-state index in [0.717, 1.165) is 71.1 Å². The van der Waals surface area contributed by atoms with E-state index in [1.54, 1.807) is 43.3 Å². The van der Waals surface area contributed by atoms with Crippen LogP contribution in [-0.4, -0.2) is 99.8 Å². The van der Waals surface area contributed by atoms with Crippen LogP contribution in [0.1, 0.15) is 82.4 Å². The summed E-state index contributed by atoms with van der Waals surface area (Å²) in [6, 6.07) is 21.9. The van der Waals surface area contributed by atoms with Crippen molar-refractivity contribution in [1.82, 2.24) is 5.48 Å². The summed E-state index contributed by atoms with van der Waals surface area (Å²) in [4.78, 5) is 40.6. The molecule has 6 rings (SSSR count). The number of phenolic OH excluding ortho intramolecular Hbond substituents is 3. The Morgan fingerprint density at radius 3 is 1.15 bits per heavy atom. The number of carboxylic acid groups (broad SMARTS) is 1. The van der Waals surface area contributed by atoms with Crippen LogP contribution in [0.2, 0.25) is 0 Å². The molecule has 0 saturated carbocycles. The molecule has 17 nitrogen and oxygen atoms in total. The van der Waals surface area contributed by atoms with Crippen LogP contribution < -0.4 is 19.7 Å². The highest BCUT2D eigenvalue weighted by Gasteiger charge is 2.20. The molecule has 0 radical (unpaired) electrons. The number of aromatic hydroxyl groups is 3. The molecule has 3 unspecified atom stereocenters. The number of aliphatic hydroxyl groups is 2. The van der Waals surface area contributed by atoms with E-state index >= 15 is 0 Å². The first-order chi connectivity index (χ1) is 42.0. The molecule has 6 aromatic rings. The van der Waals surface area contributed by atoms with Crippen LogP contribution >= 0.6 is 271 Å². The second kappa shape index (κ2) is 43.5. The quantitative estimate of drug-likeness (QED) is 0.00958. The average molecular weight is 2570 g/mol. The van der Waals surface area contributed by atoms with Crippen molar-refractivity contribution >= 4 is 289 Å². The summed E-state index contributed by atoms with van der Waals surface area (Å²) in [5, 5.41) is 57.9. The Kier molecular flexibility index (Phi) is 40.3. The SMILES string of the molecule is CC(O)CCCC(O)CCCC(C)OC(=O)Cc1cc(I)c(Oc2cc(I)c(O)c(I)c2)c(I)c1.CCCOCCOCCONC(=O)Cc1cc(I)c(Oc2cc(I)c(O)c(I)c2)c(I)c1.O=C(O)Cc1cc(I)c(Oc2cc(I)c(O)c(I)c2)c(I)c1. The molecule has 0 fully saturated rings. The van der Waals surface area contributed by atoms with Crippen molar-refractivity contribution in [3.8, 4) is 51.7 Å². The highest BCUT2D eigenvalue weighted by molar-refractivity contribution is 14.1. The minimum absolute atomic E-state index is 0.0126. The number of esters is 1. The molecule has 7 N–H and O–H groups in total. The number of carbonyl (C=O) groups is 3. The van der Waals surface area contributed by atoms with Gasteiger partial charge in [0, 0.05) is 6.61 Å². The molecular formula is C60H61I12NO16. The number of halogens is 12. The van der Waals surface area contributed by atoms with Gasteiger partial charge in [0.25, 0.3) is 0 Å². The number of hydrogen-bond donors (Lipinski definition) is 7. The van der Waals surface area contributed by atoms with Crippen molar-refractivity contribution in [2.75, 3.05) is 33.0 Å². The maximum atomic E-state index is 12.5. The molecule has 3 atom stereocenters. The Hall–Kier alpha value is 1.09. The third-order valence-corrected chi connectivity index (χ3v) is 21.5. The number of phenols is 3. The number of nitrogens with one attached hydrogen (secondary N) is 1. The van der Waals surface area contributed by atoms with Gasteiger partial charge < -0.3 is 59.1 Å². The van der Waals surface area contributed by atoms with Gasteiger partial charge in [0.2, 0.25) is 5.91 Å². The number of aliphatic hydroxyl groups excluding tert-OH is 2. The van der Waals surface area contributed by atoms with Gasteiger partial charge in [0.15, 0.2) is 17.2 Å². The van der Waals surface area contributed by atoms with Gasteiger partial charge in [-0.3, -0.25) is 19.2 Å². The molecule has 89 heavy (non-hydrogen) atoms. The highest BCUT2D eigenvalue weighted by Crippen LogP contribution is 2.40. The van der Waals surface area contributed by atoms with E-state index in [9.17, 15) is 39.9 Å². The number of carboxylic acids is 1. The molecule has 0 saturated heterocycles. The Morgan fingerprint density at radius 2 is 0.787 bits per heavy atom. The Morgan fingerprint density at radius 1 is 0.449 bits per heavy atom. The topological polar surface area (TPSA) is 249 Å². The zero-order valence-electron chi connectivity index (χ0n) is 47.6. The lowest BCUT2D eigenvalue weighted by molar-refractivity contribution is -0.147. The van der Waals surface area contributed by atoms with E-state index in [1.807, 2.05) is 43.3 Å². The molecule has 0 bridgehead atoms. The maximum Gasteiger partial charge on any atom is 0.310 e. The van der Waals surface area contributed by atoms with E-state index in [2.05, 4.69) is 283 Å². The lowest BCUT2D eigenvalue weighted by Crippen LogP contribution is -2.27. The molecule has 0 aliphatic carbocycles. The molecule has 1 amide bonds. The van der Waals surface area contributed by atoms with Gasteiger partial charge >= 0.3 is 11.9 Å². The van der Waals surface area contributed by atoms with Gasteiger partial charge in [-0.05, 0) is 419 Å². The number of benzene rings is 6. The van der Waals surface area contributed by atoms with E-state index in [4.69, 9.17) is 38.4 Å². The average Bonchev–Trinajstić information content (AvgIpc) is 3.46. The first kappa shape index (κ1) is 82.5. The Balaban J connectivity index is 0.000000292. The third kappa shape index (κ3) is 30.8. The van der Waals surface area contributed by atoms with Crippen LogP contribution in [0.25, 0.3) is 0 Å². The molecule has 0 aliphatic heterocycles. The van der Waals surface area contributed by atoms with Crippen LogP contribution in [0.4, 0.5) is 0 Å². The molecule has 29 heteroatoms. The van der Waals surface area contributed by atoms with Crippen LogP contribution in [-0.2, 0) is 52.7 Å². The fourth-order valence-corrected chi connectivity index (χ4v) is 19.1. The normalized spacial score (nSPS) is 12.0. The Bertz CT molecular complexity index is 3200. The van der Waals surface area contributed by atoms with Crippen molar-refractivity contribution in [3.05, 3.63) is 132 Å². The predicted octanol–water partition coefficient (Wildman–Crippen LogP) is 18.0. The zero-order valence-corrected chi connectivity index (χ0v) is 73.5. The fourth-order valence-electron chi connectivity index (χ4n) is 7.61. The molecule has 0 aliphatic rings. The number of ether oxygens (including phenoxy) is 6. The first-order valence-electron chi connectivity index (χ1n) is 26.9. The summed E-state index contributed by atoms with van der Waals surface area (Å²) in [6.45, 7) is 8.13. The Labute approximate surface area is 681 Å². The van der Waals surface area contributed by atoms with E-state index in [1.165, 1.54) is 0 Å². The lowest BCUT2D eigenvalue weighted by atomic mass is 10.0. The van der Waals surface area contributed by atoms with Gasteiger partial charge in [0.1, 0.15) is 34.5 Å². The second-order valence-electron chi connectivity index (χ2n) is 19.4. The minimum Gasteiger partial charge on any atom is -0.506 e. The third-order valence-electron chi connectivity index (χ3n) is 11.7. The second-order valence-corrected chi connectivity index (χ2v) is 33.3. The number of carbonyl (C=O) groups excluding carboxylic acids is 2. The lowest BCUT2D eigenvalue weighted by Gasteiger charge is -2.16. The largest absolute Gasteiger partial charge is 0.506 e. The molecule has 0 aromatic heterocycles. The van der Waals surface area contributed by atoms with Gasteiger partial charge in [-0.15, -0.1) is 0 Å². The summed E-state index contributed by atoms with van der Waals surface area (Å²) >= 11 is 25.4. The van der Waals surface area contributed by atoms with Crippen molar-refractivity contribution in [3.63, 3.8) is 0 Å². The standard InChI is InChI=1S/C25H30I4O6.C21H23I4NO6.C14H8I4O4/c1-14(30)5-3-7-17(31)8-4-6-15(2)34-23(32)11-16-9-21(28)25(22(29)10-16)35-18-12-19(26)24(33)20(27)13-18;1-2-3-29-4-5-30-6-7-31-26-19(27)10-13-8-17(24)21(18(25)9-13)32-14-11-15(22)20(28)16(23)12-14;15-8-4-7(5-9(16)13(8)21)22-14-10(17)1-6(2-11(14)18)3-12(19)20/h9-10,12-15,17,30-31,33H,3-8,11H2,1-2H3;8-9,11-12,28H,2-7,10H2,1H3,(H,26,27);1-2,4-5,21H,3H2,(H,19,20). The van der Waals surface area contributed by atoms with Crippen LogP contribution in [0.3, 0.4) is 0 Å². The van der Waals surface area contributed by atoms with E-state index in [-0.39, 0.29) is 73.3 Å². The van der Waals surface area contributed by atoms with Crippen molar-refractivity contribution in [2.24, 2.45) is 0 Å². The van der Waals surface area contributed by atoms with Gasteiger partial charge in [-0.25, -0.2) is 5.48 Å². The van der Waals surface area contributed by atoms with Crippen molar-refractivity contribution in [1.29, 1.82) is 0 Å². The zero-order chi connectivity index (χ0) is 66.1. The summed E-state index contributed by atoms with van der Waals surface area (Å²) in [6.07, 6.45) is 4.74. The number of rotatable bonds is 30. The predicted molar refractivity (Wildman–Crippen MR) is 442 cm³/mol. The van der Waals surface area contributed by atoms with Crippen LogP contribution in [0.5, 0.6) is 51.7 Å². The van der Waals surface area contributed by atoms with Gasteiger partial charge in [-0.2, -0.15) is 0 Å². The molecule has 0 spiro atoms. The molecular weight excluding hydrogens is 2510 g/mol. The van der Waals surface area contributed by atoms with Crippen molar-refractivity contribution < 1.29 is 78.3 Å². The smallest absolute Gasteiger partial charge is 0.310 e. The number of amides is 1. The van der Waals surface area contributed by atoms with Gasteiger partial charge in [-0.1, -0.05) is 6.92 Å². The van der Waals surface area contributed by atoms with Crippen molar-refractivity contribution in [2.45, 2.75) is 103 Å². The van der Waals surface area contributed by atoms with E-state index < -0.39 is 5.97 Å². The van der Waals surface area contributed by atoms with Crippen LogP contribution in [0.15, 0.2) is 72.8 Å². The summed E-state index contributed by atoms with van der Waals surface area (Å²) in [7, 11) is 0. The fraction of sp³-hybridized carbons (Fsp3) is 0.350. The monoisotopic (exact) mass is 2570 g/mol. The summed E-state index contributed by atoms with van der Waals surface area (Å²) < 4.78 is 43.9. The van der Waals surface area contributed by atoms with Gasteiger partial charge in [0.05, 0.1) is 107 Å².